The number of nitrogens with zero attached hydrogens (tertiary/aromatic N) is 3. The van der Waals surface area contributed by atoms with E-state index in [4.69, 9.17) is 10.2 Å². The van der Waals surface area contributed by atoms with Crippen LogP contribution in [0.1, 0.15) is 24.3 Å². The van der Waals surface area contributed by atoms with Crippen LogP contribution >= 0.6 is 11.8 Å². The molecule has 12 heteroatoms. The minimum absolute atomic E-state index is 0. The number of oxazole rings is 1. The van der Waals surface area contributed by atoms with Gasteiger partial charge in [-0.15, -0.1) is 11.8 Å². The molecule has 2 amide bonds. The molecule has 3 aliphatic rings. The predicted molar refractivity (Wildman–Crippen MR) is 95.6 cm³/mol. The van der Waals surface area contributed by atoms with Gasteiger partial charge in [0.1, 0.15) is 6.26 Å². The van der Waals surface area contributed by atoms with Crippen molar-refractivity contribution in [1.82, 2.24) is 9.88 Å². The molecule has 4 heterocycles. The number of β-lactam (4-membered cyclic amide) rings is 1. The molecule has 10 nitrogen and oxygen atoms in total. The Kier molecular flexibility index (Phi) is 6.08. The summed E-state index contributed by atoms with van der Waals surface area (Å²) in [5, 5.41) is 21.6. The van der Waals surface area contributed by atoms with E-state index in [-0.39, 0.29) is 70.1 Å². The number of carboxylic acids is 1. The van der Waals surface area contributed by atoms with Gasteiger partial charge in [-0.25, -0.2) is 0 Å². The van der Waals surface area contributed by atoms with Gasteiger partial charge in [0.05, 0.1) is 29.7 Å². The van der Waals surface area contributed by atoms with Gasteiger partial charge in [0, 0.05) is 29.2 Å². The van der Waals surface area contributed by atoms with Crippen molar-refractivity contribution in [2.75, 3.05) is 18.0 Å². The zero-order valence-electron chi connectivity index (χ0n) is 16.2. The first kappa shape index (κ1) is 22.2. The van der Waals surface area contributed by atoms with Crippen LogP contribution in [0.25, 0.3) is 0 Å². The molecule has 0 spiro atoms. The second-order valence-electron chi connectivity index (χ2n) is 7.28. The van der Waals surface area contributed by atoms with Gasteiger partial charge < -0.3 is 35.0 Å². The molecule has 3 N–H and O–H groups in total. The Hall–Kier alpha value is -1.53. The van der Waals surface area contributed by atoms with E-state index >= 15 is 0 Å². The van der Waals surface area contributed by atoms with Crippen molar-refractivity contribution < 1.29 is 58.6 Å². The summed E-state index contributed by atoms with van der Waals surface area (Å²) in [6, 6.07) is -0.0728. The Balaban J connectivity index is 0.00000240. The molecular weight excluding hydrogens is 411 g/mol. The Bertz CT molecular complexity index is 896. The number of aliphatic hydroxyl groups excluding tert-OH is 1. The number of hydrogen-bond acceptors (Lipinski definition) is 9. The van der Waals surface area contributed by atoms with E-state index in [1.165, 1.54) is 29.8 Å². The van der Waals surface area contributed by atoms with Crippen LogP contribution in [0.2, 0.25) is 0 Å². The molecule has 29 heavy (non-hydrogen) atoms. The SMILES string of the molecule is C[C@@H](O)C1C(=O)N2C(C(=O)[O-])=C(SC3CN(c4nc(C(N)=O)co4)C3)[C@H](C)C12.[Na+]. The summed E-state index contributed by atoms with van der Waals surface area (Å²) in [5.74, 6) is -3.24. The number of aliphatic hydroxyl groups is 1. The van der Waals surface area contributed by atoms with Gasteiger partial charge in [-0.05, 0) is 6.92 Å². The smallest absolute Gasteiger partial charge is 0.543 e. The average molecular weight is 430 g/mol. The standard InChI is InChI=1S/C17H20N4O6S.Na/c1-6-11-10(7(2)22)15(24)21(11)12(16(25)26)13(6)28-8-3-20(4-8)17-19-9(5-27-17)14(18)23;/h5-8,10-11,22H,3-4H2,1-2H3,(H2,18,23)(H,25,26);/q;+1/p-1/t6-,7-,10?,11?;/m1./s1. The second-order valence-corrected chi connectivity index (χ2v) is 8.62. The van der Waals surface area contributed by atoms with Gasteiger partial charge in [-0.2, -0.15) is 4.98 Å². The topological polar surface area (TPSA) is 153 Å². The Morgan fingerprint density at radius 2 is 2.10 bits per heavy atom. The molecule has 4 atom stereocenters. The van der Waals surface area contributed by atoms with E-state index in [9.17, 15) is 24.6 Å². The largest absolute Gasteiger partial charge is 1.00 e. The number of rotatable bonds is 6. The van der Waals surface area contributed by atoms with Gasteiger partial charge in [0.25, 0.3) is 11.9 Å². The summed E-state index contributed by atoms with van der Waals surface area (Å²) in [7, 11) is 0. The van der Waals surface area contributed by atoms with Gasteiger partial charge in [0.2, 0.25) is 5.91 Å². The number of fused-ring (bicyclic) bond motifs is 1. The number of nitrogens with two attached hydrogens (primary N) is 1. The molecular formula is C17H19N4NaO6S. The number of anilines is 1. The van der Waals surface area contributed by atoms with Gasteiger partial charge in [-0.3, -0.25) is 9.59 Å². The van der Waals surface area contributed by atoms with Crippen molar-refractivity contribution in [2.24, 2.45) is 17.6 Å². The fourth-order valence-corrected chi connectivity index (χ4v) is 5.56. The average Bonchev–Trinajstić information content (AvgIpc) is 3.13. The van der Waals surface area contributed by atoms with Crippen LogP contribution < -0.4 is 45.3 Å². The quantitative estimate of drug-likeness (QED) is 0.336. The molecule has 3 aliphatic heterocycles. The maximum atomic E-state index is 12.3. The van der Waals surface area contributed by atoms with Crippen LogP contribution in [-0.4, -0.2) is 63.3 Å². The van der Waals surface area contributed by atoms with Crippen LogP contribution in [0.15, 0.2) is 21.3 Å². The molecule has 2 saturated heterocycles. The van der Waals surface area contributed by atoms with Gasteiger partial charge in [0.15, 0.2) is 5.69 Å². The molecule has 0 saturated carbocycles. The summed E-state index contributed by atoms with van der Waals surface area (Å²) in [5.41, 5.74) is 5.11. The summed E-state index contributed by atoms with van der Waals surface area (Å²) in [6.07, 6.45) is 0.355. The Labute approximate surface area is 192 Å². The summed E-state index contributed by atoms with van der Waals surface area (Å²) < 4.78 is 5.24. The monoisotopic (exact) mass is 430 g/mol. The maximum Gasteiger partial charge on any atom is 1.00 e. The number of amides is 2. The summed E-state index contributed by atoms with van der Waals surface area (Å²) in [4.78, 5) is 42.8. The molecule has 0 radical (unpaired) electrons. The third-order valence-electron chi connectivity index (χ3n) is 5.46. The number of aliphatic carboxylic acids is 1. The third kappa shape index (κ3) is 3.48. The Morgan fingerprint density at radius 3 is 2.62 bits per heavy atom. The minimum atomic E-state index is -1.38. The van der Waals surface area contributed by atoms with Crippen molar-refractivity contribution in [3.05, 3.63) is 22.6 Å². The zero-order valence-corrected chi connectivity index (χ0v) is 19.0. The molecule has 1 aromatic rings. The van der Waals surface area contributed by atoms with Crippen LogP contribution in [0.3, 0.4) is 0 Å². The van der Waals surface area contributed by atoms with Crippen molar-refractivity contribution in [2.45, 2.75) is 31.2 Å². The molecule has 150 valence electrons. The number of carbonyl (C=O) groups is 3. The molecule has 1 aromatic heterocycles. The molecule has 2 unspecified atom stereocenters. The van der Waals surface area contributed by atoms with E-state index in [1.54, 1.807) is 0 Å². The fourth-order valence-electron chi connectivity index (χ4n) is 4.04. The molecule has 4 rings (SSSR count). The number of aromatic nitrogens is 1. The van der Waals surface area contributed by atoms with E-state index in [0.29, 0.717) is 18.0 Å². The first-order valence-corrected chi connectivity index (χ1v) is 9.72. The van der Waals surface area contributed by atoms with E-state index in [0.717, 1.165) is 0 Å². The maximum absolute atomic E-state index is 12.3. The zero-order chi connectivity index (χ0) is 20.3. The fraction of sp³-hybridized carbons (Fsp3) is 0.529. The molecule has 0 aliphatic carbocycles. The van der Waals surface area contributed by atoms with Crippen LogP contribution in [0.5, 0.6) is 0 Å². The molecule has 2 fully saturated rings. The number of primary amides is 1. The predicted octanol–water partition coefficient (Wildman–Crippen LogP) is -4.48. The van der Waals surface area contributed by atoms with Crippen molar-refractivity contribution in [3.8, 4) is 0 Å². The first-order valence-electron chi connectivity index (χ1n) is 8.84. The third-order valence-corrected chi connectivity index (χ3v) is 6.91. The first-order chi connectivity index (χ1) is 13.2. The summed E-state index contributed by atoms with van der Waals surface area (Å²) in [6.45, 7) is 4.48. The van der Waals surface area contributed by atoms with Gasteiger partial charge >= 0.3 is 29.6 Å². The van der Waals surface area contributed by atoms with Crippen molar-refractivity contribution in [1.29, 1.82) is 0 Å². The second kappa shape index (κ2) is 7.95. The van der Waals surface area contributed by atoms with Crippen LogP contribution in [0.4, 0.5) is 6.01 Å². The van der Waals surface area contributed by atoms with Crippen LogP contribution in [-0.2, 0) is 9.59 Å². The number of carboxylic acid groups (broad SMARTS) is 1. The minimum Gasteiger partial charge on any atom is -0.543 e. The normalized spacial score (nSPS) is 27.1. The summed E-state index contributed by atoms with van der Waals surface area (Å²) >= 11 is 1.39. The number of hydrogen-bond donors (Lipinski definition) is 2. The number of carbonyl (C=O) groups excluding carboxylic acids is 3. The number of thioether (sulfide) groups is 1. The van der Waals surface area contributed by atoms with E-state index in [1.807, 2.05) is 11.8 Å². The Morgan fingerprint density at radius 1 is 1.45 bits per heavy atom. The van der Waals surface area contributed by atoms with E-state index < -0.39 is 23.9 Å². The molecule has 0 bridgehead atoms. The van der Waals surface area contributed by atoms with Crippen molar-refractivity contribution in [3.63, 3.8) is 0 Å². The van der Waals surface area contributed by atoms with Crippen molar-refractivity contribution >= 4 is 35.6 Å². The van der Waals surface area contributed by atoms with Crippen LogP contribution in [0, 0.1) is 11.8 Å². The van der Waals surface area contributed by atoms with Gasteiger partial charge in [-0.1, -0.05) is 6.92 Å². The van der Waals surface area contributed by atoms with E-state index in [2.05, 4.69) is 4.98 Å². The molecule has 0 aromatic carbocycles.